The second-order valence-corrected chi connectivity index (χ2v) is 9.26. The van der Waals surface area contributed by atoms with Crippen LogP contribution >= 0.6 is 0 Å². The van der Waals surface area contributed by atoms with Gasteiger partial charge in [-0.15, -0.1) is 0 Å². The normalized spacial score (nSPS) is 16.3. The molecule has 6 nitrogen and oxygen atoms in total. The summed E-state index contributed by atoms with van der Waals surface area (Å²) in [6.07, 6.45) is 1.94. The van der Waals surface area contributed by atoms with E-state index in [-0.39, 0.29) is 11.2 Å². The Kier molecular flexibility index (Phi) is 7.16. The van der Waals surface area contributed by atoms with Crippen LogP contribution in [0.1, 0.15) is 24.0 Å². The summed E-state index contributed by atoms with van der Waals surface area (Å²) in [5.41, 5.74) is 1.66. The number of hydrogen-bond acceptors (Lipinski definition) is 5. The second-order valence-electron chi connectivity index (χ2n) is 7.33. The number of benzene rings is 2. The molecular weight excluding hydrogens is 390 g/mol. The summed E-state index contributed by atoms with van der Waals surface area (Å²) in [4.78, 5) is 0. The van der Waals surface area contributed by atoms with Crippen LogP contribution < -0.4 is 14.2 Å². The summed E-state index contributed by atoms with van der Waals surface area (Å²) in [5, 5.41) is 0. The predicted molar refractivity (Wildman–Crippen MR) is 113 cm³/mol. The van der Waals surface area contributed by atoms with Crippen LogP contribution in [0.4, 0.5) is 0 Å². The molecule has 0 aromatic heterocycles. The Hall–Kier alpha value is -2.09. The van der Waals surface area contributed by atoms with Crippen LogP contribution in [0.25, 0.3) is 0 Å². The zero-order chi connectivity index (χ0) is 20.7. The van der Waals surface area contributed by atoms with Crippen LogP contribution in [0.5, 0.6) is 11.5 Å². The Bertz CT molecular complexity index is 890. The molecule has 0 atom stereocenters. The highest BCUT2D eigenvalue weighted by Crippen LogP contribution is 2.39. The Labute approximate surface area is 173 Å². The van der Waals surface area contributed by atoms with Crippen molar-refractivity contribution in [2.45, 2.75) is 24.7 Å². The zero-order valence-electron chi connectivity index (χ0n) is 17.0. The van der Waals surface area contributed by atoms with E-state index in [1.165, 1.54) is 0 Å². The van der Waals surface area contributed by atoms with E-state index >= 15 is 0 Å². The molecule has 2 aromatic rings. The van der Waals surface area contributed by atoms with Crippen molar-refractivity contribution in [3.63, 3.8) is 0 Å². The molecule has 1 aliphatic rings. The monoisotopic (exact) mass is 419 g/mol. The van der Waals surface area contributed by atoms with Crippen LogP contribution in [0, 0.1) is 0 Å². The molecule has 29 heavy (non-hydrogen) atoms. The lowest BCUT2D eigenvalue weighted by Crippen LogP contribution is -2.45. The van der Waals surface area contributed by atoms with E-state index in [0.717, 1.165) is 35.5 Å². The number of methoxy groups -OCH3 is 2. The van der Waals surface area contributed by atoms with Crippen molar-refractivity contribution in [2.24, 2.45) is 0 Å². The number of rotatable bonds is 9. The fourth-order valence-corrected chi connectivity index (χ4v) is 4.90. The number of sulfonamides is 1. The molecule has 0 unspecified atom stereocenters. The molecule has 0 saturated carbocycles. The van der Waals surface area contributed by atoms with Crippen molar-refractivity contribution >= 4 is 10.0 Å². The van der Waals surface area contributed by atoms with Gasteiger partial charge in [-0.25, -0.2) is 13.1 Å². The molecular formula is C22H29NO5S. The lowest BCUT2D eigenvalue weighted by molar-refractivity contribution is 0.0509. The van der Waals surface area contributed by atoms with Crippen LogP contribution in [-0.2, 0) is 26.6 Å². The Morgan fingerprint density at radius 1 is 1.00 bits per heavy atom. The fraction of sp³-hybridized carbons (Fsp3) is 0.455. The van der Waals surface area contributed by atoms with Gasteiger partial charge >= 0.3 is 0 Å². The highest BCUT2D eigenvalue weighted by Gasteiger charge is 2.37. The number of aryl methyl sites for hydroxylation is 1. The van der Waals surface area contributed by atoms with E-state index < -0.39 is 10.0 Å². The third-order valence-corrected chi connectivity index (χ3v) is 6.90. The first-order valence-electron chi connectivity index (χ1n) is 9.79. The zero-order valence-corrected chi connectivity index (χ0v) is 17.8. The van der Waals surface area contributed by atoms with Crippen LogP contribution in [-0.4, -0.2) is 48.1 Å². The molecule has 1 fully saturated rings. The number of hydrogen-bond donors (Lipinski definition) is 1. The minimum absolute atomic E-state index is 0.0395. The van der Waals surface area contributed by atoms with Crippen molar-refractivity contribution in [3.05, 3.63) is 59.7 Å². The molecule has 1 saturated heterocycles. The quantitative estimate of drug-likeness (QED) is 0.677. The fourth-order valence-electron chi connectivity index (χ4n) is 3.75. The largest absolute Gasteiger partial charge is 0.497 e. The van der Waals surface area contributed by atoms with Gasteiger partial charge in [-0.2, -0.15) is 0 Å². The van der Waals surface area contributed by atoms with Gasteiger partial charge in [0, 0.05) is 30.7 Å². The summed E-state index contributed by atoms with van der Waals surface area (Å²) in [6.45, 7) is 1.54. The SMILES string of the molecule is COc1ccc(CCS(=O)(=O)NCC2(c3ccccc3OC)CCOCC2)cc1. The highest BCUT2D eigenvalue weighted by molar-refractivity contribution is 7.89. The molecule has 3 rings (SSSR count). The van der Waals surface area contributed by atoms with Gasteiger partial charge in [0.2, 0.25) is 10.0 Å². The van der Waals surface area contributed by atoms with E-state index in [0.29, 0.717) is 26.2 Å². The molecule has 0 bridgehead atoms. The van der Waals surface area contributed by atoms with Crippen molar-refractivity contribution in [2.75, 3.05) is 39.7 Å². The Balaban J connectivity index is 1.69. The summed E-state index contributed by atoms with van der Waals surface area (Å²) < 4.78 is 44.5. The lowest BCUT2D eigenvalue weighted by Gasteiger charge is -2.38. The van der Waals surface area contributed by atoms with Crippen molar-refractivity contribution < 1.29 is 22.6 Å². The maximum Gasteiger partial charge on any atom is 0.211 e. The Morgan fingerprint density at radius 2 is 1.69 bits per heavy atom. The van der Waals surface area contributed by atoms with Gasteiger partial charge in [-0.1, -0.05) is 30.3 Å². The third-order valence-electron chi connectivity index (χ3n) is 5.58. The van der Waals surface area contributed by atoms with Crippen LogP contribution in [0.15, 0.2) is 48.5 Å². The molecule has 7 heteroatoms. The molecule has 0 amide bonds. The van der Waals surface area contributed by atoms with Gasteiger partial charge in [0.25, 0.3) is 0 Å². The van der Waals surface area contributed by atoms with Gasteiger partial charge in [0.1, 0.15) is 11.5 Å². The number of nitrogens with one attached hydrogen (secondary N) is 1. The predicted octanol–water partition coefficient (Wildman–Crippen LogP) is 2.91. The highest BCUT2D eigenvalue weighted by atomic mass is 32.2. The maximum absolute atomic E-state index is 12.7. The molecule has 1 N–H and O–H groups in total. The van der Waals surface area contributed by atoms with Gasteiger partial charge in [-0.05, 0) is 43.0 Å². The first kappa shape index (κ1) is 21.6. The first-order valence-corrected chi connectivity index (χ1v) is 11.4. The molecule has 0 spiro atoms. The van der Waals surface area contributed by atoms with Crippen molar-refractivity contribution in [1.29, 1.82) is 0 Å². The van der Waals surface area contributed by atoms with Crippen molar-refractivity contribution in [3.8, 4) is 11.5 Å². The van der Waals surface area contributed by atoms with E-state index in [1.807, 2.05) is 48.5 Å². The summed E-state index contributed by atoms with van der Waals surface area (Å²) >= 11 is 0. The number of para-hydroxylation sites is 1. The van der Waals surface area contributed by atoms with E-state index in [9.17, 15) is 8.42 Å². The minimum atomic E-state index is -3.42. The van der Waals surface area contributed by atoms with Crippen LogP contribution in [0.2, 0.25) is 0 Å². The molecule has 0 radical (unpaired) electrons. The van der Waals surface area contributed by atoms with Gasteiger partial charge in [0.05, 0.1) is 20.0 Å². The van der Waals surface area contributed by atoms with Crippen LogP contribution in [0.3, 0.4) is 0 Å². The smallest absolute Gasteiger partial charge is 0.211 e. The molecule has 2 aromatic carbocycles. The summed E-state index contributed by atoms with van der Waals surface area (Å²) in [7, 11) is -0.171. The molecule has 1 aliphatic heterocycles. The second kappa shape index (κ2) is 9.61. The van der Waals surface area contributed by atoms with E-state index in [2.05, 4.69) is 4.72 Å². The number of ether oxygens (including phenoxy) is 3. The summed E-state index contributed by atoms with van der Waals surface area (Å²) in [5.74, 6) is 1.58. The third kappa shape index (κ3) is 5.50. The Morgan fingerprint density at radius 3 is 2.34 bits per heavy atom. The van der Waals surface area contributed by atoms with Gasteiger partial charge < -0.3 is 14.2 Å². The molecule has 0 aliphatic carbocycles. The summed E-state index contributed by atoms with van der Waals surface area (Å²) in [6, 6.07) is 15.3. The standard InChI is InChI=1S/C22H29NO5S/c1-26-19-9-7-18(8-10-19)11-16-29(24,25)23-17-22(12-14-28-15-13-22)20-5-3-4-6-21(20)27-2/h3-10,23H,11-17H2,1-2H3. The van der Waals surface area contributed by atoms with E-state index in [1.54, 1.807) is 14.2 Å². The molecule has 1 heterocycles. The average molecular weight is 420 g/mol. The lowest BCUT2D eigenvalue weighted by atomic mass is 9.74. The van der Waals surface area contributed by atoms with Gasteiger partial charge in [0.15, 0.2) is 0 Å². The minimum Gasteiger partial charge on any atom is -0.497 e. The topological polar surface area (TPSA) is 73.9 Å². The van der Waals surface area contributed by atoms with Crippen molar-refractivity contribution in [1.82, 2.24) is 4.72 Å². The van der Waals surface area contributed by atoms with E-state index in [4.69, 9.17) is 14.2 Å². The first-order chi connectivity index (χ1) is 14.0. The maximum atomic E-state index is 12.7. The molecule has 158 valence electrons. The van der Waals surface area contributed by atoms with Gasteiger partial charge in [-0.3, -0.25) is 0 Å². The average Bonchev–Trinajstić information content (AvgIpc) is 2.77.